The van der Waals surface area contributed by atoms with Gasteiger partial charge in [-0.1, -0.05) is 38.1 Å². The van der Waals surface area contributed by atoms with Crippen molar-refractivity contribution in [2.75, 3.05) is 80.7 Å². The number of hydrogen-bond donors (Lipinski definition) is 4. The van der Waals surface area contributed by atoms with Gasteiger partial charge in [0, 0.05) is 18.5 Å². The molecular weight excluding hydrogens is 492 g/mol. The highest BCUT2D eigenvalue weighted by molar-refractivity contribution is 5.41. The highest BCUT2D eigenvalue weighted by Gasteiger charge is 2.23. The predicted octanol–water partition coefficient (Wildman–Crippen LogP) is 2.57. The summed E-state index contributed by atoms with van der Waals surface area (Å²) >= 11 is 0. The van der Waals surface area contributed by atoms with Crippen molar-refractivity contribution in [2.24, 2.45) is 0 Å². The topological polar surface area (TPSA) is 89.5 Å². The Morgan fingerprint density at radius 2 is 1.03 bits per heavy atom. The monoisotopic (exact) mass is 544 g/mol. The molecule has 220 valence electrons. The maximum Gasteiger partial charge on any atom is 0.119 e. The van der Waals surface area contributed by atoms with Gasteiger partial charge in [-0.2, -0.15) is 0 Å². The number of rotatable bonds is 20. The summed E-state index contributed by atoms with van der Waals surface area (Å²) in [6.07, 6.45) is 0.997. The van der Waals surface area contributed by atoms with Gasteiger partial charge < -0.3 is 40.1 Å². The van der Waals surface area contributed by atoms with Crippen LogP contribution in [0.15, 0.2) is 48.5 Å². The average molecular weight is 545 g/mol. The smallest absolute Gasteiger partial charge is 0.119 e. The lowest BCUT2D eigenvalue weighted by molar-refractivity contribution is 0.106. The lowest BCUT2D eigenvalue weighted by Crippen LogP contribution is -2.33. The van der Waals surface area contributed by atoms with Gasteiger partial charge in [-0.3, -0.25) is 0 Å². The van der Waals surface area contributed by atoms with E-state index in [4.69, 9.17) is 9.47 Å². The molecule has 0 saturated carbocycles. The second kappa shape index (κ2) is 17.5. The van der Waals surface area contributed by atoms with Crippen molar-refractivity contribution in [2.45, 2.75) is 44.3 Å². The minimum atomic E-state index is -0.549. The first-order valence-corrected chi connectivity index (χ1v) is 14.1. The Kier molecular flexibility index (Phi) is 14.8. The first-order valence-electron chi connectivity index (χ1n) is 14.1. The van der Waals surface area contributed by atoms with Gasteiger partial charge in [0.15, 0.2) is 0 Å². The van der Waals surface area contributed by atoms with Crippen LogP contribution in [0, 0.1) is 0 Å². The normalized spacial score (nSPS) is 13.6. The van der Waals surface area contributed by atoms with E-state index in [9.17, 15) is 10.2 Å². The van der Waals surface area contributed by atoms with Crippen LogP contribution in [-0.4, -0.2) is 113 Å². The van der Waals surface area contributed by atoms with E-state index in [1.165, 1.54) is 11.1 Å². The SMILES string of the molecule is CN(C)CCCNCC(O)COc1ccc(C(C)(C)c2ccc(OCC(O)CNCCCN(C)C)cc2)cc1. The third-order valence-electron chi connectivity index (χ3n) is 6.71. The number of aliphatic hydroxyl groups is 2. The summed E-state index contributed by atoms with van der Waals surface area (Å²) in [5.41, 5.74) is 2.13. The molecule has 0 aliphatic carbocycles. The molecule has 2 atom stereocenters. The minimum absolute atomic E-state index is 0.205. The van der Waals surface area contributed by atoms with Crippen LogP contribution in [0.25, 0.3) is 0 Å². The fourth-order valence-corrected chi connectivity index (χ4v) is 4.18. The number of aliphatic hydroxyl groups excluding tert-OH is 2. The van der Waals surface area contributed by atoms with Crippen LogP contribution in [0.4, 0.5) is 0 Å². The minimum Gasteiger partial charge on any atom is -0.491 e. The van der Waals surface area contributed by atoms with Crippen molar-refractivity contribution < 1.29 is 19.7 Å². The summed E-state index contributed by atoms with van der Waals surface area (Å²) in [4.78, 5) is 4.30. The summed E-state index contributed by atoms with van der Waals surface area (Å²) in [6, 6.07) is 16.1. The molecule has 2 unspecified atom stereocenters. The molecule has 0 fully saturated rings. The van der Waals surface area contributed by atoms with Crippen molar-refractivity contribution in [1.29, 1.82) is 0 Å². The van der Waals surface area contributed by atoms with E-state index in [1.807, 2.05) is 24.3 Å². The average Bonchev–Trinajstić information content (AvgIpc) is 2.90. The second-order valence-corrected chi connectivity index (χ2v) is 11.3. The lowest BCUT2D eigenvalue weighted by atomic mass is 9.78. The van der Waals surface area contributed by atoms with Crippen molar-refractivity contribution >= 4 is 0 Å². The highest BCUT2D eigenvalue weighted by atomic mass is 16.5. The number of nitrogens with zero attached hydrogens (tertiary/aromatic N) is 2. The van der Waals surface area contributed by atoms with Crippen LogP contribution < -0.4 is 20.1 Å². The van der Waals surface area contributed by atoms with Crippen molar-refractivity contribution in [1.82, 2.24) is 20.4 Å². The first kappa shape index (κ1) is 33.0. The van der Waals surface area contributed by atoms with Gasteiger partial charge in [0.1, 0.15) is 36.9 Å². The van der Waals surface area contributed by atoms with Gasteiger partial charge in [0.25, 0.3) is 0 Å². The molecule has 2 rings (SSSR count). The molecule has 0 aliphatic heterocycles. The zero-order valence-corrected chi connectivity index (χ0v) is 24.9. The van der Waals surface area contributed by atoms with E-state index >= 15 is 0 Å². The summed E-state index contributed by atoms with van der Waals surface area (Å²) in [7, 11) is 8.24. The van der Waals surface area contributed by atoms with Crippen molar-refractivity contribution in [3.05, 3.63) is 59.7 Å². The summed E-state index contributed by atoms with van der Waals surface area (Å²) in [6.45, 7) is 9.74. The van der Waals surface area contributed by atoms with Gasteiger partial charge in [0.2, 0.25) is 0 Å². The molecule has 0 aromatic heterocycles. The number of benzene rings is 2. The van der Waals surface area contributed by atoms with Crippen LogP contribution in [0.5, 0.6) is 11.5 Å². The summed E-state index contributed by atoms with van der Waals surface area (Å²) in [5.74, 6) is 1.49. The van der Waals surface area contributed by atoms with Gasteiger partial charge in [-0.15, -0.1) is 0 Å². The standard InChI is InChI=1S/C31H52N4O4/c1-31(2,25-9-13-29(14-10-25)38-23-27(36)21-32-17-7-19-34(3)4)26-11-15-30(16-12-26)39-24-28(37)22-33-18-8-20-35(5)6/h9-16,27-28,32-33,36-37H,7-8,17-24H2,1-6H3. The van der Waals surface area contributed by atoms with E-state index in [0.29, 0.717) is 13.1 Å². The van der Waals surface area contributed by atoms with Gasteiger partial charge >= 0.3 is 0 Å². The zero-order chi connectivity index (χ0) is 28.7. The van der Waals surface area contributed by atoms with Crippen molar-refractivity contribution in [3.8, 4) is 11.5 Å². The zero-order valence-electron chi connectivity index (χ0n) is 24.9. The van der Waals surface area contributed by atoms with Crippen LogP contribution in [0.2, 0.25) is 0 Å². The van der Waals surface area contributed by atoms with E-state index in [0.717, 1.165) is 50.5 Å². The van der Waals surface area contributed by atoms with Crippen LogP contribution in [-0.2, 0) is 5.41 Å². The quantitative estimate of drug-likeness (QED) is 0.189. The Bertz CT molecular complexity index is 830. The van der Waals surface area contributed by atoms with Crippen LogP contribution in [0.3, 0.4) is 0 Å². The molecule has 0 heterocycles. The largest absolute Gasteiger partial charge is 0.491 e. The Hall–Kier alpha value is -2.20. The predicted molar refractivity (Wildman–Crippen MR) is 160 cm³/mol. The van der Waals surface area contributed by atoms with Crippen LogP contribution in [0.1, 0.15) is 37.8 Å². The molecule has 0 saturated heterocycles. The van der Waals surface area contributed by atoms with E-state index in [1.54, 1.807) is 0 Å². The van der Waals surface area contributed by atoms with E-state index in [2.05, 4.69) is 86.7 Å². The summed E-state index contributed by atoms with van der Waals surface area (Å²) in [5, 5.41) is 26.9. The Balaban J connectivity index is 1.76. The van der Waals surface area contributed by atoms with E-state index in [-0.39, 0.29) is 18.6 Å². The molecule has 0 radical (unpaired) electrons. The van der Waals surface area contributed by atoms with E-state index < -0.39 is 12.2 Å². The molecule has 0 spiro atoms. The molecule has 39 heavy (non-hydrogen) atoms. The first-order chi connectivity index (χ1) is 18.6. The third kappa shape index (κ3) is 13.1. The third-order valence-corrected chi connectivity index (χ3v) is 6.71. The van der Waals surface area contributed by atoms with Gasteiger partial charge in [-0.05, 0) is 103 Å². The lowest BCUT2D eigenvalue weighted by Gasteiger charge is -2.26. The Morgan fingerprint density at radius 1 is 0.667 bits per heavy atom. The maximum atomic E-state index is 10.2. The molecular formula is C31H52N4O4. The number of nitrogens with one attached hydrogen (secondary N) is 2. The molecule has 0 bridgehead atoms. The molecule has 2 aromatic rings. The fraction of sp³-hybridized carbons (Fsp3) is 0.613. The Labute approximate surface area is 236 Å². The molecule has 0 aliphatic rings. The second-order valence-electron chi connectivity index (χ2n) is 11.3. The molecule has 8 heteroatoms. The Morgan fingerprint density at radius 3 is 1.36 bits per heavy atom. The maximum absolute atomic E-state index is 10.2. The molecule has 0 amide bonds. The molecule has 8 nitrogen and oxygen atoms in total. The van der Waals surface area contributed by atoms with Crippen molar-refractivity contribution in [3.63, 3.8) is 0 Å². The van der Waals surface area contributed by atoms with Gasteiger partial charge in [-0.25, -0.2) is 0 Å². The summed E-state index contributed by atoms with van der Waals surface area (Å²) < 4.78 is 11.6. The number of ether oxygens (including phenoxy) is 2. The van der Waals surface area contributed by atoms with Gasteiger partial charge in [0.05, 0.1) is 0 Å². The molecule has 4 N–H and O–H groups in total. The number of hydrogen-bond acceptors (Lipinski definition) is 8. The fourth-order valence-electron chi connectivity index (χ4n) is 4.18. The molecule has 2 aromatic carbocycles. The highest BCUT2D eigenvalue weighted by Crippen LogP contribution is 2.33. The van der Waals surface area contributed by atoms with Crippen LogP contribution >= 0.6 is 0 Å².